The molecule has 0 saturated carbocycles. The molecule has 0 bridgehead atoms. The van der Waals surface area contributed by atoms with Crippen molar-refractivity contribution >= 4 is 30.6 Å². The lowest BCUT2D eigenvalue weighted by Crippen LogP contribution is -2.30. The summed E-state index contributed by atoms with van der Waals surface area (Å²) < 4.78 is 11.3. The molecule has 0 radical (unpaired) electrons. The van der Waals surface area contributed by atoms with E-state index in [1.54, 1.807) is 34.6 Å². The van der Waals surface area contributed by atoms with Crippen LogP contribution in [0.3, 0.4) is 0 Å². The van der Waals surface area contributed by atoms with E-state index in [2.05, 4.69) is 30.1 Å². The molecule has 5 aromatic rings. The number of carbonyl (C=O) groups excluding carboxylic acids is 1. The van der Waals surface area contributed by atoms with Gasteiger partial charge >= 0.3 is 0 Å². The standard InChI is InChI=1S/C32H37N5O3Si/c1-23-27(31(38)34-26-19-33-36(21-26)20-24-11-7-6-8-12-24)18-28(30-17-25-13-9-10-14-29(25)35(30)2)32(39)37(23)22-40-15-16-41(3,4)5/h6-14,17-19,21H,15-16,20,22H2,1-5H3,(H,34,38). The molecule has 0 unspecified atom stereocenters. The number of pyridine rings is 1. The minimum Gasteiger partial charge on any atom is -0.361 e. The van der Waals surface area contributed by atoms with Gasteiger partial charge < -0.3 is 14.6 Å². The second-order valence-electron chi connectivity index (χ2n) is 11.7. The van der Waals surface area contributed by atoms with Crippen LogP contribution in [-0.4, -0.2) is 39.5 Å². The molecule has 9 heteroatoms. The van der Waals surface area contributed by atoms with Gasteiger partial charge in [-0.15, -0.1) is 0 Å². The molecule has 0 saturated heterocycles. The van der Waals surface area contributed by atoms with Crippen molar-refractivity contribution in [3.63, 3.8) is 0 Å². The molecule has 3 heterocycles. The first kappa shape index (κ1) is 28.3. The lowest BCUT2D eigenvalue weighted by molar-refractivity contribution is 0.0829. The quantitative estimate of drug-likeness (QED) is 0.163. The van der Waals surface area contributed by atoms with Gasteiger partial charge in [0.1, 0.15) is 6.73 Å². The van der Waals surface area contributed by atoms with Crippen molar-refractivity contribution in [2.24, 2.45) is 7.05 Å². The summed E-state index contributed by atoms with van der Waals surface area (Å²) >= 11 is 0. The number of nitrogens with zero attached hydrogens (tertiary/aromatic N) is 4. The molecule has 1 amide bonds. The van der Waals surface area contributed by atoms with Gasteiger partial charge in [-0.2, -0.15) is 5.10 Å². The van der Waals surface area contributed by atoms with E-state index in [1.165, 1.54) is 0 Å². The van der Waals surface area contributed by atoms with Crippen molar-refractivity contribution in [1.82, 2.24) is 18.9 Å². The smallest absolute Gasteiger partial charge is 0.262 e. The summed E-state index contributed by atoms with van der Waals surface area (Å²) in [5.74, 6) is -0.308. The number of para-hydroxylation sites is 1. The molecule has 0 aliphatic heterocycles. The predicted molar refractivity (Wildman–Crippen MR) is 167 cm³/mol. The molecule has 8 nitrogen and oxygen atoms in total. The highest BCUT2D eigenvalue weighted by molar-refractivity contribution is 6.76. The third-order valence-corrected chi connectivity index (χ3v) is 9.03. The van der Waals surface area contributed by atoms with Gasteiger partial charge in [-0.05, 0) is 36.7 Å². The second kappa shape index (κ2) is 11.7. The second-order valence-corrected chi connectivity index (χ2v) is 17.3. The Morgan fingerprint density at radius 1 is 1.02 bits per heavy atom. The Labute approximate surface area is 241 Å². The van der Waals surface area contributed by atoms with Gasteiger partial charge in [-0.25, -0.2) is 0 Å². The first-order valence-electron chi connectivity index (χ1n) is 13.9. The summed E-state index contributed by atoms with van der Waals surface area (Å²) in [6.45, 7) is 9.92. The zero-order valence-electron chi connectivity index (χ0n) is 24.3. The fraction of sp³-hybridized carbons (Fsp3) is 0.281. The number of fused-ring (bicyclic) bond motifs is 1. The van der Waals surface area contributed by atoms with E-state index in [9.17, 15) is 9.59 Å². The van der Waals surface area contributed by atoms with Crippen LogP contribution in [0.1, 0.15) is 21.6 Å². The molecular formula is C32H37N5O3Si. The summed E-state index contributed by atoms with van der Waals surface area (Å²) in [4.78, 5) is 27.5. The van der Waals surface area contributed by atoms with Crippen LogP contribution < -0.4 is 10.9 Å². The van der Waals surface area contributed by atoms with Crippen LogP contribution in [0.4, 0.5) is 5.69 Å². The number of aryl methyl sites for hydroxylation is 1. The third kappa shape index (κ3) is 6.42. The topological polar surface area (TPSA) is 83.1 Å². The van der Waals surface area contributed by atoms with Crippen LogP contribution in [0, 0.1) is 6.92 Å². The normalized spacial score (nSPS) is 11.7. The van der Waals surface area contributed by atoms with E-state index in [0.717, 1.165) is 28.2 Å². The lowest BCUT2D eigenvalue weighted by atomic mass is 10.1. The molecular weight excluding hydrogens is 530 g/mol. The fourth-order valence-electron chi connectivity index (χ4n) is 4.89. The van der Waals surface area contributed by atoms with Crippen molar-refractivity contribution in [1.29, 1.82) is 0 Å². The summed E-state index contributed by atoms with van der Waals surface area (Å²) in [6.07, 6.45) is 3.44. The zero-order valence-corrected chi connectivity index (χ0v) is 25.3. The van der Waals surface area contributed by atoms with Gasteiger partial charge in [0, 0.05) is 44.5 Å². The van der Waals surface area contributed by atoms with Crippen LogP contribution in [0.25, 0.3) is 22.2 Å². The van der Waals surface area contributed by atoms with Crippen LogP contribution in [0.15, 0.2) is 83.9 Å². The number of nitrogens with one attached hydrogen (secondary N) is 1. The van der Waals surface area contributed by atoms with Gasteiger partial charge in [0.2, 0.25) is 0 Å². The number of hydrogen-bond acceptors (Lipinski definition) is 4. The Hall–Kier alpha value is -4.21. The molecule has 2 aromatic carbocycles. The minimum atomic E-state index is -1.30. The van der Waals surface area contributed by atoms with Crippen molar-refractivity contribution < 1.29 is 9.53 Å². The summed E-state index contributed by atoms with van der Waals surface area (Å²) in [5.41, 5.74) is 4.69. The third-order valence-electron chi connectivity index (χ3n) is 7.33. The van der Waals surface area contributed by atoms with E-state index >= 15 is 0 Å². The summed E-state index contributed by atoms with van der Waals surface area (Å²) in [7, 11) is 0.642. The van der Waals surface area contributed by atoms with Crippen LogP contribution in [-0.2, 0) is 25.1 Å². The highest BCUT2D eigenvalue weighted by Crippen LogP contribution is 2.27. The molecule has 0 aliphatic rings. The van der Waals surface area contributed by atoms with E-state index < -0.39 is 8.07 Å². The number of hydrogen-bond donors (Lipinski definition) is 1. The maximum absolute atomic E-state index is 13.9. The summed E-state index contributed by atoms with van der Waals surface area (Å²) in [5, 5.41) is 8.42. The molecule has 3 aromatic heterocycles. The molecule has 0 fully saturated rings. The number of ether oxygens (including phenoxy) is 1. The maximum Gasteiger partial charge on any atom is 0.262 e. The van der Waals surface area contributed by atoms with Crippen LogP contribution >= 0.6 is 0 Å². The molecule has 1 N–H and O–H groups in total. The Morgan fingerprint density at radius 3 is 2.49 bits per heavy atom. The van der Waals surface area contributed by atoms with E-state index in [0.29, 0.717) is 35.7 Å². The van der Waals surface area contributed by atoms with Gasteiger partial charge in [0.25, 0.3) is 11.5 Å². The molecule has 0 atom stereocenters. The molecule has 0 aliphatic carbocycles. The van der Waals surface area contributed by atoms with E-state index in [1.807, 2.05) is 72.3 Å². The Bertz CT molecular complexity index is 1750. The van der Waals surface area contributed by atoms with Crippen molar-refractivity contribution in [3.05, 3.63) is 106 Å². The Morgan fingerprint density at radius 2 is 1.76 bits per heavy atom. The van der Waals surface area contributed by atoms with Gasteiger partial charge in [0.05, 0.1) is 35.2 Å². The minimum absolute atomic E-state index is 0.0855. The number of aromatic nitrogens is 4. The average Bonchev–Trinajstić information content (AvgIpc) is 3.51. The van der Waals surface area contributed by atoms with Gasteiger partial charge in [-0.3, -0.25) is 18.8 Å². The van der Waals surface area contributed by atoms with Gasteiger partial charge in [-0.1, -0.05) is 68.2 Å². The predicted octanol–water partition coefficient (Wildman–Crippen LogP) is 6.12. The largest absolute Gasteiger partial charge is 0.361 e. The van der Waals surface area contributed by atoms with Crippen LogP contribution in [0.2, 0.25) is 25.7 Å². The van der Waals surface area contributed by atoms with E-state index in [4.69, 9.17) is 4.74 Å². The Balaban J connectivity index is 1.48. The monoisotopic (exact) mass is 567 g/mol. The molecule has 41 heavy (non-hydrogen) atoms. The molecule has 0 spiro atoms. The first-order valence-corrected chi connectivity index (χ1v) is 17.6. The van der Waals surface area contributed by atoms with Crippen molar-refractivity contribution in [3.8, 4) is 11.3 Å². The van der Waals surface area contributed by atoms with Crippen molar-refractivity contribution in [2.75, 3.05) is 11.9 Å². The highest BCUT2D eigenvalue weighted by atomic mass is 28.3. The number of anilines is 1. The SMILES string of the molecule is Cc1c(C(=O)Nc2cnn(Cc3ccccc3)c2)cc(-c2cc3ccccc3n2C)c(=O)n1COCC[Si](C)(C)C. The first-order chi connectivity index (χ1) is 19.6. The summed E-state index contributed by atoms with van der Waals surface area (Å²) in [6, 6.07) is 22.7. The molecule has 212 valence electrons. The number of rotatable bonds is 10. The fourth-order valence-corrected chi connectivity index (χ4v) is 5.64. The lowest BCUT2D eigenvalue weighted by Gasteiger charge is -2.19. The average molecular weight is 568 g/mol. The highest BCUT2D eigenvalue weighted by Gasteiger charge is 2.21. The maximum atomic E-state index is 13.9. The van der Waals surface area contributed by atoms with Crippen LogP contribution in [0.5, 0.6) is 0 Å². The number of benzene rings is 2. The number of carbonyl (C=O) groups is 1. The van der Waals surface area contributed by atoms with Crippen molar-refractivity contribution in [2.45, 2.75) is 45.9 Å². The number of amides is 1. The van der Waals surface area contributed by atoms with E-state index in [-0.39, 0.29) is 18.2 Å². The van der Waals surface area contributed by atoms with Gasteiger partial charge in [0.15, 0.2) is 0 Å². The zero-order chi connectivity index (χ0) is 29.1. The molecule has 5 rings (SSSR count). The Kier molecular flexibility index (Phi) is 8.10.